The summed E-state index contributed by atoms with van der Waals surface area (Å²) < 4.78 is 9.94. The lowest BCUT2D eigenvalue weighted by Gasteiger charge is -2.05. The largest absolute Gasteiger partial charge is 0.497 e. The third-order valence-electron chi connectivity index (χ3n) is 1.54. The topological polar surface area (TPSA) is 67.2 Å². The standard InChI is InChI=1S/C8H9N3O2/c1-12-6-3-4-8(13-2)7(5-6)10-11-9/h3-5H,1-2H3. The van der Waals surface area contributed by atoms with Crippen LogP contribution in [-0.2, 0) is 0 Å². The van der Waals surface area contributed by atoms with Gasteiger partial charge in [-0.25, -0.2) is 0 Å². The van der Waals surface area contributed by atoms with Crippen molar-refractivity contribution in [3.8, 4) is 11.5 Å². The molecule has 0 radical (unpaired) electrons. The molecule has 68 valence electrons. The Balaban J connectivity index is 3.17. The molecule has 1 aromatic carbocycles. The van der Waals surface area contributed by atoms with Gasteiger partial charge < -0.3 is 9.47 Å². The maximum Gasteiger partial charge on any atom is 0.128 e. The predicted octanol–water partition coefficient (Wildman–Crippen LogP) is 2.65. The molecule has 5 heteroatoms. The number of benzene rings is 1. The molecule has 0 bridgehead atoms. The van der Waals surface area contributed by atoms with Crippen LogP contribution in [0, 0.1) is 0 Å². The zero-order valence-corrected chi connectivity index (χ0v) is 7.39. The molecule has 0 aliphatic carbocycles. The normalized spacial score (nSPS) is 8.77. The summed E-state index contributed by atoms with van der Waals surface area (Å²) in [6.07, 6.45) is 0. The van der Waals surface area contributed by atoms with Crippen LogP contribution in [0.25, 0.3) is 10.4 Å². The molecule has 1 aromatic rings. The van der Waals surface area contributed by atoms with Crippen molar-refractivity contribution < 1.29 is 9.47 Å². The van der Waals surface area contributed by atoms with Gasteiger partial charge in [0.25, 0.3) is 0 Å². The zero-order valence-electron chi connectivity index (χ0n) is 7.39. The maximum absolute atomic E-state index is 8.27. The van der Waals surface area contributed by atoms with E-state index in [-0.39, 0.29) is 0 Å². The Morgan fingerprint density at radius 1 is 1.31 bits per heavy atom. The minimum Gasteiger partial charge on any atom is -0.497 e. The number of ether oxygens (including phenoxy) is 2. The number of nitrogens with zero attached hydrogens (tertiary/aromatic N) is 3. The van der Waals surface area contributed by atoms with E-state index < -0.39 is 0 Å². The molecule has 13 heavy (non-hydrogen) atoms. The fourth-order valence-electron chi connectivity index (χ4n) is 0.923. The van der Waals surface area contributed by atoms with E-state index in [1.807, 2.05) is 0 Å². The van der Waals surface area contributed by atoms with Crippen molar-refractivity contribution in [1.29, 1.82) is 0 Å². The van der Waals surface area contributed by atoms with E-state index in [9.17, 15) is 0 Å². The summed E-state index contributed by atoms with van der Waals surface area (Å²) in [5, 5.41) is 3.46. The lowest BCUT2D eigenvalue weighted by Crippen LogP contribution is -1.85. The Morgan fingerprint density at radius 2 is 2.08 bits per heavy atom. The average molecular weight is 179 g/mol. The first kappa shape index (κ1) is 9.22. The van der Waals surface area contributed by atoms with E-state index in [1.54, 1.807) is 25.3 Å². The van der Waals surface area contributed by atoms with Crippen LogP contribution in [0.15, 0.2) is 23.3 Å². The van der Waals surface area contributed by atoms with Crippen molar-refractivity contribution in [3.05, 3.63) is 28.6 Å². The fourth-order valence-corrected chi connectivity index (χ4v) is 0.923. The molecular formula is C8H9N3O2. The van der Waals surface area contributed by atoms with Crippen molar-refractivity contribution >= 4 is 5.69 Å². The van der Waals surface area contributed by atoms with Crippen LogP contribution in [0.3, 0.4) is 0 Å². The van der Waals surface area contributed by atoms with Crippen LogP contribution >= 0.6 is 0 Å². The molecule has 0 heterocycles. The van der Waals surface area contributed by atoms with Crippen LogP contribution < -0.4 is 9.47 Å². The van der Waals surface area contributed by atoms with Gasteiger partial charge in [0, 0.05) is 4.91 Å². The summed E-state index contributed by atoms with van der Waals surface area (Å²) >= 11 is 0. The Labute approximate surface area is 75.5 Å². The lowest BCUT2D eigenvalue weighted by atomic mass is 10.3. The van der Waals surface area contributed by atoms with Crippen molar-refractivity contribution in [3.63, 3.8) is 0 Å². The molecule has 0 atom stereocenters. The number of azide groups is 1. The summed E-state index contributed by atoms with van der Waals surface area (Å²) in [4.78, 5) is 2.68. The van der Waals surface area contributed by atoms with E-state index in [0.29, 0.717) is 17.2 Å². The molecule has 0 amide bonds. The van der Waals surface area contributed by atoms with Crippen LogP contribution in [0.5, 0.6) is 11.5 Å². The highest BCUT2D eigenvalue weighted by Crippen LogP contribution is 2.31. The van der Waals surface area contributed by atoms with E-state index in [4.69, 9.17) is 15.0 Å². The first-order valence-corrected chi connectivity index (χ1v) is 3.59. The second kappa shape index (κ2) is 4.23. The highest BCUT2D eigenvalue weighted by molar-refractivity contribution is 5.55. The van der Waals surface area contributed by atoms with Crippen molar-refractivity contribution in [2.24, 2.45) is 5.11 Å². The summed E-state index contributed by atoms with van der Waals surface area (Å²) in [5.74, 6) is 1.15. The molecule has 0 aromatic heterocycles. The van der Waals surface area contributed by atoms with Gasteiger partial charge in [-0.3, -0.25) is 0 Å². The molecule has 0 unspecified atom stereocenters. The van der Waals surface area contributed by atoms with E-state index in [0.717, 1.165) is 0 Å². The summed E-state index contributed by atoms with van der Waals surface area (Å²) in [7, 11) is 3.06. The highest BCUT2D eigenvalue weighted by atomic mass is 16.5. The fraction of sp³-hybridized carbons (Fsp3) is 0.250. The minimum absolute atomic E-state index is 0.421. The Kier molecular flexibility index (Phi) is 3.00. The van der Waals surface area contributed by atoms with Gasteiger partial charge >= 0.3 is 0 Å². The molecular weight excluding hydrogens is 170 g/mol. The molecule has 0 saturated heterocycles. The summed E-state index contributed by atoms with van der Waals surface area (Å²) in [6, 6.07) is 5.02. The minimum atomic E-state index is 0.421. The Bertz CT molecular complexity index is 345. The quantitative estimate of drug-likeness (QED) is 0.406. The lowest BCUT2D eigenvalue weighted by molar-refractivity contribution is 0.404. The number of hydrogen-bond donors (Lipinski definition) is 0. The highest BCUT2D eigenvalue weighted by Gasteiger charge is 2.01. The SMILES string of the molecule is COc1ccc(OC)c(N=[N+]=[N-])c1. The third-order valence-corrected chi connectivity index (χ3v) is 1.54. The van der Waals surface area contributed by atoms with Crippen LogP contribution in [-0.4, -0.2) is 14.2 Å². The van der Waals surface area contributed by atoms with Crippen molar-refractivity contribution in [2.45, 2.75) is 0 Å². The van der Waals surface area contributed by atoms with Gasteiger partial charge in [-0.2, -0.15) is 0 Å². The van der Waals surface area contributed by atoms with Gasteiger partial charge in [0.05, 0.1) is 19.9 Å². The van der Waals surface area contributed by atoms with Gasteiger partial charge in [-0.15, -0.1) is 0 Å². The molecule has 5 nitrogen and oxygen atoms in total. The van der Waals surface area contributed by atoms with Crippen LogP contribution in [0.2, 0.25) is 0 Å². The zero-order chi connectivity index (χ0) is 9.68. The van der Waals surface area contributed by atoms with E-state index in [2.05, 4.69) is 10.0 Å². The molecule has 0 N–H and O–H groups in total. The van der Waals surface area contributed by atoms with E-state index in [1.165, 1.54) is 7.11 Å². The average Bonchev–Trinajstić information content (AvgIpc) is 2.18. The second-order valence-corrected chi connectivity index (χ2v) is 2.23. The number of hydrogen-bond acceptors (Lipinski definition) is 3. The first-order chi connectivity index (χ1) is 6.31. The van der Waals surface area contributed by atoms with Crippen molar-refractivity contribution in [1.82, 2.24) is 0 Å². The second-order valence-electron chi connectivity index (χ2n) is 2.23. The summed E-state index contributed by atoms with van der Waals surface area (Å²) in [6.45, 7) is 0. The molecule has 0 saturated carbocycles. The Morgan fingerprint density at radius 3 is 2.62 bits per heavy atom. The van der Waals surface area contributed by atoms with Gasteiger partial charge in [-0.1, -0.05) is 5.11 Å². The Hall–Kier alpha value is -1.87. The van der Waals surface area contributed by atoms with Crippen LogP contribution in [0.1, 0.15) is 0 Å². The molecule has 0 aliphatic rings. The molecule has 0 fully saturated rings. The van der Waals surface area contributed by atoms with Gasteiger partial charge in [-0.05, 0) is 23.7 Å². The number of rotatable bonds is 3. The van der Waals surface area contributed by atoms with Gasteiger partial charge in [0.2, 0.25) is 0 Å². The molecule has 0 spiro atoms. The number of methoxy groups -OCH3 is 2. The molecule has 1 rings (SSSR count). The smallest absolute Gasteiger partial charge is 0.128 e. The van der Waals surface area contributed by atoms with E-state index >= 15 is 0 Å². The maximum atomic E-state index is 8.27. The van der Waals surface area contributed by atoms with Crippen molar-refractivity contribution in [2.75, 3.05) is 14.2 Å². The predicted molar refractivity (Wildman–Crippen MR) is 48.4 cm³/mol. The third kappa shape index (κ3) is 2.04. The first-order valence-electron chi connectivity index (χ1n) is 3.59. The summed E-state index contributed by atoms with van der Waals surface area (Å²) in [5.41, 5.74) is 8.69. The van der Waals surface area contributed by atoms with Gasteiger partial charge in [0.1, 0.15) is 11.5 Å². The molecule has 0 aliphatic heterocycles. The monoisotopic (exact) mass is 179 g/mol. The van der Waals surface area contributed by atoms with Gasteiger partial charge in [0.15, 0.2) is 0 Å². The van der Waals surface area contributed by atoms with Crippen LogP contribution in [0.4, 0.5) is 5.69 Å².